The SMILES string of the molecule is CNCCn1c2ccccc2c2ccc(OC/C=C3/CN4CCC3CC4)cc21. The molecule has 146 valence electrons. The number of nitrogens with one attached hydrogen (secondary N) is 1. The summed E-state index contributed by atoms with van der Waals surface area (Å²) in [6, 6.07) is 15.2. The molecule has 4 heteroatoms. The van der Waals surface area contributed by atoms with Crippen molar-refractivity contribution in [3.63, 3.8) is 0 Å². The summed E-state index contributed by atoms with van der Waals surface area (Å²) in [5, 5.41) is 5.89. The second-order valence-corrected chi connectivity index (χ2v) is 8.09. The van der Waals surface area contributed by atoms with Crippen LogP contribution in [-0.2, 0) is 6.54 Å². The number of likely N-dealkylation sites (N-methyl/N-ethyl adjacent to an activating group) is 1. The van der Waals surface area contributed by atoms with Crippen LogP contribution < -0.4 is 10.1 Å². The second-order valence-electron chi connectivity index (χ2n) is 8.09. The lowest BCUT2D eigenvalue weighted by Crippen LogP contribution is -2.43. The lowest BCUT2D eigenvalue weighted by molar-refractivity contribution is 0.160. The summed E-state index contributed by atoms with van der Waals surface area (Å²) in [5.41, 5.74) is 4.13. The third kappa shape index (κ3) is 3.21. The van der Waals surface area contributed by atoms with E-state index in [9.17, 15) is 0 Å². The molecular weight excluding hydrogens is 346 g/mol. The molecule has 1 aromatic heterocycles. The zero-order valence-corrected chi connectivity index (χ0v) is 16.7. The molecular formula is C24H29N3O. The Kier molecular flexibility index (Phi) is 4.83. The molecule has 0 spiro atoms. The summed E-state index contributed by atoms with van der Waals surface area (Å²) in [7, 11) is 2.00. The third-order valence-electron chi connectivity index (χ3n) is 6.44. The molecule has 6 rings (SSSR count). The van der Waals surface area contributed by atoms with Gasteiger partial charge in [-0.2, -0.15) is 0 Å². The molecule has 28 heavy (non-hydrogen) atoms. The number of nitrogens with zero attached hydrogens (tertiary/aromatic N) is 2. The highest BCUT2D eigenvalue weighted by Gasteiger charge is 2.28. The summed E-state index contributed by atoms with van der Waals surface area (Å²) in [6.07, 6.45) is 4.98. The highest BCUT2D eigenvalue weighted by Crippen LogP contribution is 2.33. The van der Waals surface area contributed by atoms with Crippen molar-refractivity contribution >= 4 is 21.8 Å². The van der Waals surface area contributed by atoms with Crippen molar-refractivity contribution < 1.29 is 4.74 Å². The van der Waals surface area contributed by atoms with Crippen molar-refractivity contribution in [2.75, 3.05) is 39.8 Å². The van der Waals surface area contributed by atoms with Crippen LogP contribution in [0, 0.1) is 5.92 Å². The maximum Gasteiger partial charge on any atom is 0.121 e. The third-order valence-corrected chi connectivity index (χ3v) is 6.44. The van der Waals surface area contributed by atoms with Crippen LogP contribution in [0.5, 0.6) is 5.75 Å². The van der Waals surface area contributed by atoms with Gasteiger partial charge in [0.2, 0.25) is 0 Å². The van der Waals surface area contributed by atoms with Gasteiger partial charge in [0.25, 0.3) is 0 Å². The number of hydrogen-bond donors (Lipinski definition) is 1. The maximum atomic E-state index is 6.16. The summed E-state index contributed by atoms with van der Waals surface area (Å²) >= 11 is 0. The first kappa shape index (κ1) is 17.8. The first-order valence-corrected chi connectivity index (χ1v) is 10.5. The van der Waals surface area contributed by atoms with Crippen LogP contribution in [0.2, 0.25) is 0 Å². The number of piperidine rings is 3. The first-order chi connectivity index (χ1) is 13.8. The zero-order chi connectivity index (χ0) is 18.9. The van der Waals surface area contributed by atoms with Crippen LogP contribution in [0.15, 0.2) is 54.1 Å². The van der Waals surface area contributed by atoms with Gasteiger partial charge < -0.3 is 14.6 Å². The van der Waals surface area contributed by atoms with Crippen LogP contribution >= 0.6 is 0 Å². The van der Waals surface area contributed by atoms with Crippen molar-refractivity contribution in [2.24, 2.45) is 5.92 Å². The topological polar surface area (TPSA) is 29.4 Å². The summed E-state index contributed by atoms with van der Waals surface area (Å²) in [5.74, 6) is 1.75. The van der Waals surface area contributed by atoms with E-state index < -0.39 is 0 Å². The van der Waals surface area contributed by atoms with E-state index in [1.54, 1.807) is 5.57 Å². The van der Waals surface area contributed by atoms with Crippen LogP contribution in [-0.4, -0.2) is 49.3 Å². The Morgan fingerprint density at radius 3 is 2.68 bits per heavy atom. The van der Waals surface area contributed by atoms with E-state index in [0.29, 0.717) is 6.61 Å². The number of ether oxygens (including phenoxy) is 1. The number of fused-ring (bicyclic) bond motifs is 6. The molecule has 0 unspecified atom stereocenters. The quantitative estimate of drug-likeness (QED) is 0.659. The molecule has 4 nitrogen and oxygen atoms in total. The lowest BCUT2D eigenvalue weighted by Gasteiger charge is -2.41. The Bertz CT molecular complexity index is 1010. The second kappa shape index (κ2) is 7.61. The van der Waals surface area contributed by atoms with Crippen LogP contribution in [0.4, 0.5) is 0 Å². The van der Waals surface area contributed by atoms with E-state index in [1.807, 2.05) is 7.05 Å². The van der Waals surface area contributed by atoms with E-state index >= 15 is 0 Å². The standard InChI is InChI=1S/C24H29N3O/c1-25-11-14-27-23-5-3-2-4-21(23)22-7-6-20(16-24(22)27)28-15-10-19-17-26-12-8-18(19)9-13-26/h2-7,10,16,18,25H,8-9,11-15,17H2,1H3/b19-10-. The number of rotatable bonds is 6. The highest BCUT2D eigenvalue weighted by atomic mass is 16.5. The number of aromatic nitrogens is 1. The smallest absolute Gasteiger partial charge is 0.121 e. The van der Waals surface area contributed by atoms with E-state index in [1.165, 1.54) is 47.7 Å². The number of para-hydroxylation sites is 1. The summed E-state index contributed by atoms with van der Waals surface area (Å²) in [6.45, 7) is 6.26. The Labute approximate surface area is 166 Å². The molecule has 2 bridgehead atoms. The van der Waals surface area contributed by atoms with Gasteiger partial charge in [0, 0.05) is 42.0 Å². The molecule has 3 fully saturated rings. The molecule has 0 amide bonds. The van der Waals surface area contributed by atoms with E-state index in [2.05, 4.69) is 63.3 Å². The molecule has 0 saturated carbocycles. The Balaban J connectivity index is 1.40. The van der Waals surface area contributed by atoms with Crippen molar-refractivity contribution in [3.8, 4) is 5.75 Å². The molecule has 0 aliphatic carbocycles. The molecule has 3 aromatic rings. The minimum absolute atomic E-state index is 0.669. The average Bonchev–Trinajstić information content (AvgIpc) is 3.06. The molecule has 1 N–H and O–H groups in total. The first-order valence-electron chi connectivity index (χ1n) is 10.5. The predicted molar refractivity (Wildman–Crippen MR) is 116 cm³/mol. The van der Waals surface area contributed by atoms with Gasteiger partial charge in [-0.3, -0.25) is 4.90 Å². The Hall–Kier alpha value is -2.30. The van der Waals surface area contributed by atoms with Crippen LogP contribution in [0.25, 0.3) is 21.8 Å². The summed E-state index contributed by atoms with van der Waals surface area (Å²) in [4.78, 5) is 2.57. The Morgan fingerprint density at radius 1 is 1.07 bits per heavy atom. The van der Waals surface area contributed by atoms with Crippen LogP contribution in [0.1, 0.15) is 12.8 Å². The molecule has 0 radical (unpaired) electrons. The number of benzene rings is 2. The van der Waals surface area contributed by atoms with Gasteiger partial charge in [0.15, 0.2) is 0 Å². The van der Waals surface area contributed by atoms with Gasteiger partial charge in [-0.1, -0.05) is 23.8 Å². The minimum atomic E-state index is 0.669. The van der Waals surface area contributed by atoms with Crippen LogP contribution in [0.3, 0.4) is 0 Å². The van der Waals surface area contributed by atoms with E-state index in [-0.39, 0.29) is 0 Å². The molecule has 0 atom stereocenters. The van der Waals surface area contributed by atoms with Gasteiger partial charge in [-0.05, 0) is 63.2 Å². The summed E-state index contributed by atoms with van der Waals surface area (Å²) < 4.78 is 8.56. The van der Waals surface area contributed by atoms with Crippen molar-refractivity contribution in [1.29, 1.82) is 0 Å². The maximum absolute atomic E-state index is 6.16. The van der Waals surface area contributed by atoms with Gasteiger partial charge in [-0.15, -0.1) is 0 Å². The largest absolute Gasteiger partial charge is 0.489 e. The molecule has 3 saturated heterocycles. The van der Waals surface area contributed by atoms with Gasteiger partial charge in [0.05, 0.1) is 5.52 Å². The van der Waals surface area contributed by atoms with E-state index in [0.717, 1.165) is 31.3 Å². The normalized spacial score (nSPS) is 23.1. The average molecular weight is 376 g/mol. The minimum Gasteiger partial charge on any atom is -0.489 e. The predicted octanol–water partition coefficient (Wildman–Crippen LogP) is 4.04. The number of hydrogen-bond acceptors (Lipinski definition) is 3. The fraction of sp³-hybridized carbons (Fsp3) is 0.417. The van der Waals surface area contributed by atoms with Gasteiger partial charge in [-0.25, -0.2) is 0 Å². The fourth-order valence-electron chi connectivity index (χ4n) is 4.91. The van der Waals surface area contributed by atoms with Gasteiger partial charge in [0.1, 0.15) is 12.4 Å². The molecule has 3 aliphatic rings. The molecule has 2 aromatic carbocycles. The lowest BCUT2D eigenvalue weighted by atomic mass is 9.84. The highest BCUT2D eigenvalue weighted by molar-refractivity contribution is 6.08. The van der Waals surface area contributed by atoms with Crippen molar-refractivity contribution in [3.05, 3.63) is 54.1 Å². The van der Waals surface area contributed by atoms with Gasteiger partial charge >= 0.3 is 0 Å². The van der Waals surface area contributed by atoms with Crippen molar-refractivity contribution in [1.82, 2.24) is 14.8 Å². The molecule has 4 heterocycles. The van der Waals surface area contributed by atoms with E-state index in [4.69, 9.17) is 4.74 Å². The monoisotopic (exact) mass is 375 g/mol. The zero-order valence-electron chi connectivity index (χ0n) is 16.7. The fourth-order valence-corrected chi connectivity index (χ4v) is 4.91. The Morgan fingerprint density at radius 2 is 1.89 bits per heavy atom. The van der Waals surface area contributed by atoms with Crippen molar-refractivity contribution in [2.45, 2.75) is 19.4 Å². The molecule has 3 aliphatic heterocycles.